The van der Waals surface area contributed by atoms with Crippen LogP contribution in [-0.4, -0.2) is 35.1 Å². The fourth-order valence-corrected chi connectivity index (χ4v) is 1.70. The van der Waals surface area contributed by atoms with Gasteiger partial charge in [0.2, 0.25) is 0 Å². The molecule has 1 aliphatic heterocycles. The largest absolute Gasteiger partial charge is 0.337 e. The van der Waals surface area contributed by atoms with Gasteiger partial charge in [0.15, 0.2) is 0 Å². The molecule has 0 spiro atoms. The van der Waals surface area contributed by atoms with E-state index < -0.39 is 6.17 Å². The van der Waals surface area contributed by atoms with Crippen LogP contribution in [0, 0.1) is 0 Å². The summed E-state index contributed by atoms with van der Waals surface area (Å²) >= 11 is 0. The van der Waals surface area contributed by atoms with Gasteiger partial charge in [0, 0.05) is 19.3 Å². The maximum absolute atomic E-state index is 12.9. The fourth-order valence-electron chi connectivity index (χ4n) is 1.70. The summed E-state index contributed by atoms with van der Waals surface area (Å²) in [5.41, 5.74) is 0.440. The number of aromatic nitrogens is 1. The zero-order valence-corrected chi connectivity index (χ0v) is 8.40. The van der Waals surface area contributed by atoms with Gasteiger partial charge < -0.3 is 4.90 Å². The van der Waals surface area contributed by atoms with Gasteiger partial charge in [-0.25, -0.2) is 4.39 Å². The predicted molar refractivity (Wildman–Crippen MR) is 54.3 cm³/mol. The monoisotopic (exact) mass is 208 g/mol. The Morgan fingerprint density at radius 3 is 2.73 bits per heavy atom. The van der Waals surface area contributed by atoms with E-state index in [0.717, 1.165) is 0 Å². The number of hydrogen-bond acceptors (Lipinski definition) is 2. The van der Waals surface area contributed by atoms with Crippen LogP contribution in [-0.2, 0) is 0 Å². The van der Waals surface area contributed by atoms with Crippen molar-refractivity contribution in [2.45, 2.75) is 19.0 Å². The number of pyridine rings is 1. The molecule has 80 valence electrons. The Hall–Kier alpha value is -1.45. The molecule has 1 aromatic heterocycles. The van der Waals surface area contributed by atoms with Crippen LogP contribution in [0.5, 0.6) is 0 Å². The van der Waals surface area contributed by atoms with E-state index in [1.54, 1.807) is 29.3 Å². The molecule has 1 aliphatic rings. The van der Waals surface area contributed by atoms with E-state index in [4.69, 9.17) is 0 Å². The third-order valence-corrected chi connectivity index (χ3v) is 2.60. The number of halogens is 1. The van der Waals surface area contributed by atoms with Crippen molar-refractivity contribution < 1.29 is 9.18 Å². The summed E-state index contributed by atoms with van der Waals surface area (Å²) in [5, 5.41) is 0. The Kier molecular flexibility index (Phi) is 2.94. The molecule has 0 unspecified atom stereocenters. The maximum atomic E-state index is 12.9. The van der Waals surface area contributed by atoms with Gasteiger partial charge in [0.1, 0.15) is 11.9 Å². The van der Waals surface area contributed by atoms with Gasteiger partial charge in [0.25, 0.3) is 5.91 Å². The predicted octanol–water partition coefficient (Wildman–Crippen LogP) is 1.66. The number of carbonyl (C=O) groups is 1. The molecule has 0 aliphatic carbocycles. The highest BCUT2D eigenvalue weighted by Gasteiger charge is 2.23. The minimum Gasteiger partial charge on any atom is -0.337 e. The van der Waals surface area contributed by atoms with Crippen molar-refractivity contribution in [1.29, 1.82) is 0 Å². The minimum atomic E-state index is -0.752. The highest BCUT2D eigenvalue weighted by Crippen LogP contribution is 2.14. The Bertz CT molecular complexity index is 334. The quantitative estimate of drug-likeness (QED) is 0.703. The molecular formula is C11H13FN2O. The first-order valence-electron chi connectivity index (χ1n) is 5.12. The zero-order chi connectivity index (χ0) is 10.7. The van der Waals surface area contributed by atoms with E-state index in [1.165, 1.54) is 0 Å². The average molecular weight is 208 g/mol. The van der Waals surface area contributed by atoms with Crippen LogP contribution in [0.3, 0.4) is 0 Å². The van der Waals surface area contributed by atoms with Crippen LogP contribution in [0.15, 0.2) is 24.4 Å². The molecule has 2 heterocycles. The summed E-state index contributed by atoms with van der Waals surface area (Å²) in [6, 6.07) is 5.23. The van der Waals surface area contributed by atoms with Crippen molar-refractivity contribution >= 4 is 5.91 Å². The molecule has 0 atom stereocenters. The lowest BCUT2D eigenvalue weighted by Gasteiger charge is -2.28. The summed E-state index contributed by atoms with van der Waals surface area (Å²) in [6.45, 7) is 0.993. The Balaban J connectivity index is 2.03. The lowest BCUT2D eigenvalue weighted by Crippen LogP contribution is -2.39. The van der Waals surface area contributed by atoms with Crippen molar-refractivity contribution in [3.8, 4) is 0 Å². The highest BCUT2D eigenvalue weighted by atomic mass is 19.1. The first-order valence-corrected chi connectivity index (χ1v) is 5.12. The van der Waals surface area contributed by atoms with Crippen LogP contribution in [0.2, 0.25) is 0 Å². The molecule has 0 N–H and O–H groups in total. The molecule has 0 radical (unpaired) electrons. The Labute approximate surface area is 87.9 Å². The lowest BCUT2D eigenvalue weighted by molar-refractivity contribution is 0.0661. The van der Waals surface area contributed by atoms with Crippen molar-refractivity contribution in [2.75, 3.05) is 13.1 Å². The number of alkyl halides is 1. The average Bonchev–Trinajstić information content (AvgIpc) is 2.30. The molecule has 4 heteroatoms. The molecule has 15 heavy (non-hydrogen) atoms. The Morgan fingerprint density at radius 1 is 1.40 bits per heavy atom. The standard InChI is InChI=1S/C11H13FN2O/c12-9-4-7-14(8-5-9)11(15)10-3-1-2-6-13-10/h1-3,6,9H,4-5,7-8H2. The molecular weight excluding hydrogens is 195 g/mol. The zero-order valence-electron chi connectivity index (χ0n) is 8.40. The highest BCUT2D eigenvalue weighted by molar-refractivity contribution is 5.92. The number of carbonyl (C=O) groups excluding carboxylic acids is 1. The van der Waals surface area contributed by atoms with Gasteiger partial charge in [-0.3, -0.25) is 9.78 Å². The van der Waals surface area contributed by atoms with Gasteiger partial charge in [-0.1, -0.05) is 6.07 Å². The summed E-state index contributed by atoms with van der Waals surface area (Å²) in [6.07, 6.45) is 1.73. The summed E-state index contributed by atoms with van der Waals surface area (Å²) in [5.74, 6) is -0.0949. The molecule has 2 rings (SSSR count). The third kappa shape index (κ3) is 2.32. The molecule has 1 saturated heterocycles. The number of rotatable bonds is 1. The van der Waals surface area contributed by atoms with E-state index in [2.05, 4.69) is 4.98 Å². The van der Waals surface area contributed by atoms with Crippen molar-refractivity contribution in [3.63, 3.8) is 0 Å². The van der Waals surface area contributed by atoms with Crippen LogP contribution in [0.4, 0.5) is 4.39 Å². The van der Waals surface area contributed by atoms with Gasteiger partial charge in [-0.15, -0.1) is 0 Å². The molecule has 1 fully saturated rings. The van der Waals surface area contributed by atoms with E-state index in [-0.39, 0.29) is 5.91 Å². The van der Waals surface area contributed by atoms with Gasteiger partial charge >= 0.3 is 0 Å². The number of nitrogens with zero attached hydrogens (tertiary/aromatic N) is 2. The Morgan fingerprint density at radius 2 is 2.13 bits per heavy atom. The van der Waals surface area contributed by atoms with E-state index >= 15 is 0 Å². The molecule has 3 nitrogen and oxygen atoms in total. The molecule has 0 saturated carbocycles. The topological polar surface area (TPSA) is 33.2 Å². The first-order chi connectivity index (χ1) is 7.27. The normalized spacial score (nSPS) is 17.8. The lowest BCUT2D eigenvalue weighted by atomic mass is 10.1. The summed E-state index contributed by atoms with van der Waals surface area (Å²) in [4.78, 5) is 17.5. The number of hydrogen-bond donors (Lipinski definition) is 0. The van der Waals surface area contributed by atoms with Crippen molar-refractivity contribution in [1.82, 2.24) is 9.88 Å². The van der Waals surface area contributed by atoms with Crippen LogP contribution in [0.1, 0.15) is 23.3 Å². The second kappa shape index (κ2) is 4.38. The molecule has 1 aromatic rings. The second-order valence-corrected chi connectivity index (χ2v) is 3.68. The van der Waals surface area contributed by atoms with Crippen LogP contribution >= 0.6 is 0 Å². The second-order valence-electron chi connectivity index (χ2n) is 3.68. The van der Waals surface area contributed by atoms with Crippen LogP contribution < -0.4 is 0 Å². The van der Waals surface area contributed by atoms with Crippen LogP contribution in [0.25, 0.3) is 0 Å². The summed E-state index contributed by atoms with van der Waals surface area (Å²) in [7, 11) is 0. The number of piperidine rings is 1. The van der Waals surface area contributed by atoms with Gasteiger partial charge in [-0.05, 0) is 25.0 Å². The maximum Gasteiger partial charge on any atom is 0.272 e. The minimum absolute atomic E-state index is 0.0949. The van der Waals surface area contributed by atoms with Crippen molar-refractivity contribution in [2.24, 2.45) is 0 Å². The van der Waals surface area contributed by atoms with E-state index in [1.807, 2.05) is 0 Å². The van der Waals surface area contributed by atoms with Gasteiger partial charge in [-0.2, -0.15) is 0 Å². The molecule has 0 aromatic carbocycles. The fraction of sp³-hybridized carbons (Fsp3) is 0.455. The first kappa shape index (κ1) is 10.1. The molecule has 1 amide bonds. The SMILES string of the molecule is O=C(c1ccccn1)N1CCC(F)CC1. The van der Waals surface area contributed by atoms with Gasteiger partial charge in [0.05, 0.1) is 0 Å². The van der Waals surface area contributed by atoms with E-state index in [9.17, 15) is 9.18 Å². The smallest absolute Gasteiger partial charge is 0.272 e. The number of amides is 1. The van der Waals surface area contributed by atoms with Crippen molar-refractivity contribution in [3.05, 3.63) is 30.1 Å². The number of likely N-dealkylation sites (tertiary alicyclic amines) is 1. The molecule has 0 bridgehead atoms. The summed E-state index contributed by atoms with van der Waals surface area (Å²) < 4.78 is 12.9. The third-order valence-electron chi connectivity index (χ3n) is 2.60. The van der Waals surface area contributed by atoms with E-state index in [0.29, 0.717) is 31.6 Å².